The molecule has 0 bridgehead atoms. The van der Waals surface area contributed by atoms with Crippen LogP contribution in [-0.2, 0) is 0 Å². The number of nitrogens with zero attached hydrogens (tertiary/aromatic N) is 2. The molecule has 0 spiro atoms. The molecule has 0 aliphatic heterocycles. The average molecular weight is 402 g/mol. The van der Waals surface area contributed by atoms with Crippen LogP contribution in [0, 0.1) is 17.0 Å². The molecule has 0 saturated heterocycles. The van der Waals surface area contributed by atoms with Crippen molar-refractivity contribution in [2.75, 3.05) is 5.32 Å². The lowest BCUT2D eigenvalue weighted by Crippen LogP contribution is -2.18. The van der Waals surface area contributed by atoms with Gasteiger partial charge in [-0.2, -0.15) is 5.10 Å². The van der Waals surface area contributed by atoms with Gasteiger partial charge in [0.25, 0.3) is 17.5 Å². The number of nitro groups is 1. The summed E-state index contributed by atoms with van der Waals surface area (Å²) in [5.74, 6) is -0.733. The smallest absolute Gasteiger partial charge is 0.271 e. The van der Waals surface area contributed by atoms with E-state index in [1.165, 1.54) is 30.5 Å². The third-order valence-corrected chi connectivity index (χ3v) is 4.18. The van der Waals surface area contributed by atoms with Crippen LogP contribution in [0.15, 0.2) is 77.9 Å². The van der Waals surface area contributed by atoms with Gasteiger partial charge in [-0.15, -0.1) is 0 Å². The number of carbonyl (C=O) groups is 2. The summed E-state index contributed by atoms with van der Waals surface area (Å²) in [5.41, 5.74) is 5.33. The van der Waals surface area contributed by atoms with Gasteiger partial charge in [0.2, 0.25) is 0 Å². The molecular formula is C22H18N4O4. The Morgan fingerprint density at radius 3 is 2.30 bits per heavy atom. The maximum Gasteiger partial charge on any atom is 0.271 e. The van der Waals surface area contributed by atoms with Crippen molar-refractivity contribution in [1.29, 1.82) is 0 Å². The van der Waals surface area contributed by atoms with E-state index >= 15 is 0 Å². The molecule has 0 fully saturated rings. The first-order valence-corrected chi connectivity index (χ1v) is 8.98. The molecule has 30 heavy (non-hydrogen) atoms. The lowest BCUT2D eigenvalue weighted by molar-refractivity contribution is -0.384. The van der Waals surface area contributed by atoms with Gasteiger partial charge in [-0.3, -0.25) is 19.7 Å². The Morgan fingerprint density at radius 1 is 0.933 bits per heavy atom. The van der Waals surface area contributed by atoms with E-state index in [1.807, 2.05) is 19.1 Å². The highest BCUT2D eigenvalue weighted by molar-refractivity contribution is 6.05. The van der Waals surface area contributed by atoms with E-state index in [1.54, 1.807) is 36.4 Å². The van der Waals surface area contributed by atoms with Gasteiger partial charge in [0, 0.05) is 28.9 Å². The van der Waals surface area contributed by atoms with E-state index in [-0.39, 0.29) is 11.6 Å². The lowest BCUT2D eigenvalue weighted by atomic mass is 10.1. The Balaban J connectivity index is 1.61. The first-order valence-electron chi connectivity index (χ1n) is 8.98. The Morgan fingerprint density at radius 2 is 1.63 bits per heavy atom. The summed E-state index contributed by atoms with van der Waals surface area (Å²) in [6, 6.07) is 19.4. The molecule has 2 amide bonds. The molecule has 150 valence electrons. The van der Waals surface area contributed by atoms with Crippen LogP contribution in [0.4, 0.5) is 11.4 Å². The van der Waals surface area contributed by atoms with Crippen molar-refractivity contribution in [3.8, 4) is 0 Å². The number of anilines is 1. The molecule has 2 N–H and O–H groups in total. The van der Waals surface area contributed by atoms with Crippen molar-refractivity contribution in [1.82, 2.24) is 5.43 Å². The minimum atomic E-state index is -0.493. The van der Waals surface area contributed by atoms with E-state index in [4.69, 9.17) is 0 Å². The second-order valence-corrected chi connectivity index (χ2v) is 6.45. The molecule has 0 aliphatic carbocycles. The first kappa shape index (κ1) is 20.4. The van der Waals surface area contributed by atoms with E-state index in [0.717, 1.165) is 5.56 Å². The largest absolute Gasteiger partial charge is 0.322 e. The highest BCUT2D eigenvalue weighted by atomic mass is 16.6. The summed E-state index contributed by atoms with van der Waals surface area (Å²) in [6.45, 7) is 1.94. The number of benzene rings is 3. The SMILES string of the molecule is Cc1ccc(C(=O)Nc2cccc(C(=O)N/N=C\c3ccc([N+](=O)[O-])cc3)c2)cc1. The zero-order chi connectivity index (χ0) is 21.5. The normalized spacial score (nSPS) is 10.6. The van der Waals surface area contributed by atoms with Crippen molar-refractivity contribution in [3.63, 3.8) is 0 Å². The van der Waals surface area contributed by atoms with Crippen LogP contribution in [0.2, 0.25) is 0 Å². The number of hydrogen-bond acceptors (Lipinski definition) is 5. The fraction of sp³-hybridized carbons (Fsp3) is 0.0455. The summed E-state index contributed by atoms with van der Waals surface area (Å²) in [5, 5.41) is 17.3. The van der Waals surface area contributed by atoms with Gasteiger partial charge in [0.05, 0.1) is 11.1 Å². The number of nitrogens with one attached hydrogen (secondary N) is 2. The summed E-state index contributed by atoms with van der Waals surface area (Å²) in [7, 11) is 0. The molecule has 8 heteroatoms. The second-order valence-electron chi connectivity index (χ2n) is 6.45. The predicted molar refractivity (Wildman–Crippen MR) is 114 cm³/mol. The Hall–Kier alpha value is -4.33. The van der Waals surface area contributed by atoms with Gasteiger partial charge >= 0.3 is 0 Å². The van der Waals surface area contributed by atoms with Gasteiger partial charge in [0.15, 0.2) is 0 Å². The molecule has 0 unspecified atom stereocenters. The number of nitro benzene ring substituents is 1. The van der Waals surface area contributed by atoms with Crippen LogP contribution in [0.5, 0.6) is 0 Å². The molecule has 3 aromatic rings. The maximum atomic E-state index is 12.3. The second kappa shape index (κ2) is 9.24. The van der Waals surface area contributed by atoms with E-state index in [9.17, 15) is 19.7 Å². The minimum absolute atomic E-state index is 0.0271. The van der Waals surface area contributed by atoms with Crippen LogP contribution in [0.1, 0.15) is 31.8 Å². The number of rotatable bonds is 6. The van der Waals surface area contributed by atoms with Gasteiger partial charge in [0.1, 0.15) is 0 Å². The zero-order valence-corrected chi connectivity index (χ0v) is 16.0. The number of non-ortho nitro benzene ring substituents is 1. The zero-order valence-electron chi connectivity index (χ0n) is 16.0. The van der Waals surface area contributed by atoms with E-state index in [0.29, 0.717) is 22.4 Å². The lowest BCUT2D eigenvalue weighted by Gasteiger charge is -2.07. The number of aryl methyl sites for hydroxylation is 1. The van der Waals surface area contributed by atoms with Crippen LogP contribution in [0.25, 0.3) is 0 Å². The minimum Gasteiger partial charge on any atom is -0.322 e. The molecule has 0 saturated carbocycles. The standard InChI is InChI=1S/C22H18N4O4/c1-15-5-9-17(10-6-15)21(27)24-19-4-2-3-18(13-19)22(28)25-23-14-16-7-11-20(12-8-16)26(29)30/h2-14H,1H3,(H,24,27)(H,25,28)/b23-14-. The first-order chi connectivity index (χ1) is 14.4. The van der Waals surface area contributed by atoms with Crippen molar-refractivity contribution >= 4 is 29.4 Å². The van der Waals surface area contributed by atoms with Crippen molar-refractivity contribution in [2.45, 2.75) is 6.92 Å². The number of amides is 2. The van der Waals surface area contributed by atoms with Crippen molar-refractivity contribution in [2.24, 2.45) is 5.10 Å². The maximum absolute atomic E-state index is 12.3. The highest BCUT2D eigenvalue weighted by Crippen LogP contribution is 2.13. The summed E-state index contributed by atoms with van der Waals surface area (Å²) in [4.78, 5) is 34.8. The summed E-state index contributed by atoms with van der Waals surface area (Å²) in [6.07, 6.45) is 1.38. The van der Waals surface area contributed by atoms with Crippen molar-refractivity contribution in [3.05, 3.63) is 105 Å². The Labute approximate surface area is 172 Å². The monoisotopic (exact) mass is 402 g/mol. The molecular weight excluding hydrogens is 384 g/mol. The molecule has 3 aromatic carbocycles. The van der Waals surface area contributed by atoms with Gasteiger partial charge in [-0.1, -0.05) is 23.8 Å². The topological polar surface area (TPSA) is 114 Å². The number of hydrazone groups is 1. The molecule has 3 rings (SSSR count). The van der Waals surface area contributed by atoms with Crippen LogP contribution < -0.4 is 10.7 Å². The van der Waals surface area contributed by atoms with Crippen LogP contribution in [0.3, 0.4) is 0 Å². The Kier molecular flexibility index (Phi) is 6.29. The molecule has 8 nitrogen and oxygen atoms in total. The average Bonchev–Trinajstić information content (AvgIpc) is 2.74. The summed E-state index contributed by atoms with van der Waals surface area (Å²) >= 11 is 0. The van der Waals surface area contributed by atoms with Crippen molar-refractivity contribution < 1.29 is 14.5 Å². The van der Waals surface area contributed by atoms with E-state index < -0.39 is 10.8 Å². The molecule has 0 heterocycles. The molecule has 0 aromatic heterocycles. The molecule has 0 atom stereocenters. The van der Waals surface area contributed by atoms with Gasteiger partial charge in [-0.25, -0.2) is 5.43 Å². The van der Waals surface area contributed by atoms with Crippen LogP contribution >= 0.6 is 0 Å². The summed E-state index contributed by atoms with van der Waals surface area (Å²) < 4.78 is 0. The fourth-order valence-electron chi connectivity index (χ4n) is 2.56. The third kappa shape index (κ3) is 5.35. The predicted octanol–water partition coefficient (Wildman–Crippen LogP) is 3.92. The van der Waals surface area contributed by atoms with Gasteiger partial charge in [-0.05, 0) is 55.0 Å². The molecule has 0 aliphatic rings. The van der Waals surface area contributed by atoms with Crippen LogP contribution in [-0.4, -0.2) is 23.0 Å². The van der Waals surface area contributed by atoms with E-state index in [2.05, 4.69) is 15.8 Å². The number of carbonyl (C=O) groups excluding carboxylic acids is 2. The molecule has 0 radical (unpaired) electrons. The highest BCUT2D eigenvalue weighted by Gasteiger charge is 2.09. The fourth-order valence-corrected chi connectivity index (χ4v) is 2.56. The number of hydrogen-bond donors (Lipinski definition) is 2. The Bertz CT molecular complexity index is 1110. The third-order valence-electron chi connectivity index (χ3n) is 4.18. The quantitative estimate of drug-likeness (QED) is 0.369. The van der Waals surface area contributed by atoms with Gasteiger partial charge < -0.3 is 5.32 Å².